The molecule has 2 rings (SSSR count). The highest BCUT2D eigenvalue weighted by Gasteiger charge is 2.23. The van der Waals surface area contributed by atoms with Gasteiger partial charge in [0.25, 0.3) is 10.0 Å². The van der Waals surface area contributed by atoms with Gasteiger partial charge in [-0.15, -0.1) is 0 Å². The van der Waals surface area contributed by atoms with E-state index in [9.17, 15) is 21.6 Å². The second-order valence-electron chi connectivity index (χ2n) is 5.54. The van der Waals surface area contributed by atoms with Gasteiger partial charge in [0.05, 0.1) is 10.6 Å². The van der Waals surface area contributed by atoms with E-state index < -0.39 is 19.9 Å². The lowest BCUT2D eigenvalue weighted by molar-refractivity contribution is -0.114. The predicted molar refractivity (Wildman–Crippen MR) is 95.8 cm³/mol. The molecule has 0 heterocycles. The molecule has 0 atom stereocenters. The minimum absolute atomic E-state index is 0.206. The molecule has 7 nitrogen and oxygen atoms in total. The fraction of sp³-hybridized carbons (Fsp3) is 0.188. The first-order valence-corrected chi connectivity index (χ1v) is 10.6. The first kappa shape index (κ1) is 18.9. The number of rotatable bonds is 5. The van der Waals surface area contributed by atoms with E-state index >= 15 is 0 Å². The molecule has 2 aromatic carbocycles. The number of sulfone groups is 1. The zero-order valence-electron chi connectivity index (χ0n) is 13.9. The summed E-state index contributed by atoms with van der Waals surface area (Å²) in [6.45, 7) is 3.11. The van der Waals surface area contributed by atoms with Gasteiger partial charge in [0, 0.05) is 18.9 Å². The minimum Gasteiger partial charge on any atom is -0.326 e. The quantitative estimate of drug-likeness (QED) is 0.823. The third-order valence-corrected chi connectivity index (χ3v) is 6.06. The zero-order chi connectivity index (χ0) is 18.8. The molecule has 0 spiro atoms. The molecule has 0 aliphatic heterocycles. The minimum atomic E-state index is -4.13. The largest absolute Gasteiger partial charge is 0.326 e. The maximum Gasteiger partial charge on any atom is 0.263 e. The third kappa shape index (κ3) is 4.58. The van der Waals surface area contributed by atoms with E-state index in [1.165, 1.54) is 43.3 Å². The Kier molecular flexibility index (Phi) is 5.19. The molecule has 0 saturated heterocycles. The Morgan fingerprint density at radius 1 is 0.960 bits per heavy atom. The molecule has 0 aromatic heterocycles. The van der Waals surface area contributed by atoms with Crippen molar-refractivity contribution in [1.82, 2.24) is 0 Å². The number of sulfonamides is 1. The van der Waals surface area contributed by atoms with E-state index in [1.807, 2.05) is 0 Å². The Morgan fingerprint density at radius 2 is 1.56 bits per heavy atom. The first-order valence-electron chi connectivity index (χ1n) is 7.21. The molecule has 9 heteroatoms. The van der Waals surface area contributed by atoms with Gasteiger partial charge in [-0.3, -0.25) is 9.52 Å². The van der Waals surface area contributed by atoms with Crippen LogP contribution in [0, 0.1) is 6.92 Å². The molecule has 134 valence electrons. The molecule has 0 bridgehead atoms. The standard InChI is InChI=1S/C16H18N2O5S2/c1-11-8-9-13(10-14(11)17-12(2)19)18-25(22,23)16-7-5-4-6-15(16)24(3,20)21/h4-10,18H,1-3H3,(H,17,19). The van der Waals surface area contributed by atoms with Crippen molar-refractivity contribution in [1.29, 1.82) is 0 Å². The highest BCUT2D eigenvalue weighted by molar-refractivity contribution is 7.95. The van der Waals surface area contributed by atoms with Crippen LogP contribution in [-0.4, -0.2) is 29.0 Å². The fourth-order valence-electron chi connectivity index (χ4n) is 2.20. The van der Waals surface area contributed by atoms with Crippen molar-refractivity contribution >= 4 is 37.1 Å². The van der Waals surface area contributed by atoms with E-state index in [1.54, 1.807) is 13.0 Å². The predicted octanol–water partition coefficient (Wildman–Crippen LogP) is 2.16. The van der Waals surface area contributed by atoms with Gasteiger partial charge in [0.15, 0.2) is 9.84 Å². The number of anilines is 2. The Bertz CT molecular complexity index is 1030. The Hall–Kier alpha value is -2.39. The molecule has 0 unspecified atom stereocenters. The Balaban J connectivity index is 2.46. The van der Waals surface area contributed by atoms with Crippen LogP contribution in [0.1, 0.15) is 12.5 Å². The van der Waals surface area contributed by atoms with Crippen LogP contribution in [0.2, 0.25) is 0 Å². The van der Waals surface area contributed by atoms with Crippen LogP contribution in [0.15, 0.2) is 52.3 Å². The first-order chi connectivity index (χ1) is 11.5. The monoisotopic (exact) mass is 382 g/mol. The van der Waals surface area contributed by atoms with Crippen LogP contribution in [-0.2, 0) is 24.7 Å². The van der Waals surface area contributed by atoms with Gasteiger partial charge in [-0.2, -0.15) is 0 Å². The summed E-state index contributed by atoms with van der Waals surface area (Å²) in [6, 6.07) is 10.0. The lowest BCUT2D eigenvalue weighted by atomic mass is 10.2. The van der Waals surface area contributed by atoms with E-state index in [0.717, 1.165) is 11.8 Å². The molecule has 1 amide bonds. The number of amides is 1. The molecule has 2 aromatic rings. The van der Waals surface area contributed by atoms with Gasteiger partial charge in [-0.25, -0.2) is 16.8 Å². The molecule has 25 heavy (non-hydrogen) atoms. The third-order valence-electron chi connectivity index (χ3n) is 3.34. The van der Waals surface area contributed by atoms with Gasteiger partial charge in [-0.1, -0.05) is 18.2 Å². The fourth-order valence-corrected chi connectivity index (χ4v) is 4.88. The van der Waals surface area contributed by atoms with E-state index in [-0.39, 0.29) is 21.4 Å². The van der Waals surface area contributed by atoms with Crippen LogP contribution in [0.4, 0.5) is 11.4 Å². The van der Waals surface area contributed by atoms with Crippen LogP contribution < -0.4 is 10.0 Å². The van der Waals surface area contributed by atoms with Crippen LogP contribution >= 0.6 is 0 Å². The zero-order valence-corrected chi connectivity index (χ0v) is 15.5. The van der Waals surface area contributed by atoms with Crippen molar-refractivity contribution in [3.05, 3.63) is 48.0 Å². The highest BCUT2D eigenvalue weighted by Crippen LogP contribution is 2.26. The molecule has 0 aliphatic carbocycles. The molecule has 0 radical (unpaired) electrons. The molecular formula is C16H18N2O5S2. The number of carbonyl (C=O) groups is 1. The van der Waals surface area contributed by atoms with Gasteiger partial charge in [0.2, 0.25) is 5.91 Å². The Morgan fingerprint density at radius 3 is 2.12 bits per heavy atom. The average molecular weight is 382 g/mol. The summed E-state index contributed by atoms with van der Waals surface area (Å²) in [7, 11) is -7.84. The summed E-state index contributed by atoms with van der Waals surface area (Å²) in [6.07, 6.45) is 0.947. The van der Waals surface area contributed by atoms with Gasteiger partial charge < -0.3 is 5.32 Å². The summed E-state index contributed by atoms with van der Waals surface area (Å²) in [5.74, 6) is -0.287. The summed E-state index contributed by atoms with van der Waals surface area (Å²) >= 11 is 0. The summed E-state index contributed by atoms with van der Waals surface area (Å²) in [5, 5.41) is 2.60. The summed E-state index contributed by atoms with van der Waals surface area (Å²) in [4.78, 5) is 10.6. The lowest BCUT2D eigenvalue weighted by Gasteiger charge is -2.13. The summed E-state index contributed by atoms with van der Waals surface area (Å²) < 4.78 is 51.3. The van der Waals surface area contributed by atoms with E-state index in [0.29, 0.717) is 5.69 Å². The molecule has 2 N–H and O–H groups in total. The van der Waals surface area contributed by atoms with Crippen LogP contribution in [0.3, 0.4) is 0 Å². The van der Waals surface area contributed by atoms with Crippen molar-refractivity contribution in [2.75, 3.05) is 16.3 Å². The maximum absolute atomic E-state index is 12.6. The van der Waals surface area contributed by atoms with Crippen molar-refractivity contribution in [3.8, 4) is 0 Å². The van der Waals surface area contributed by atoms with Crippen LogP contribution in [0.25, 0.3) is 0 Å². The molecule has 0 aliphatic rings. The molecule has 0 saturated carbocycles. The van der Waals surface area contributed by atoms with Crippen molar-refractivity contribution in [2.45, 2.75) is 23.6 Å². The second-order valence-corrected chi connectivity index (χ2v) is 9.17. The number of hydrogen-bond acceptors (Lipinski definition) is 5. The average Bonchev–Trinajstić information content (AvgIpc) is 2.49. The topological polar surface area (TPSA) is 109 Å². The number of nitrogens with one attached hydrogen (secondary N) is 2. The smallest absolute Gasteiger partial charge is 0.263 e. The van der Waals surface area contributed by atoms with Crippen molar-refractivity contribution < 1.29 is 21.6 Å². The number of hydrogen-bond donors (Lipinski definition) is 2. The van der Waals surface area contributed by atoms with Crippen molar-refractivity contribution in [3.63, 3.8) is 0 Å². The summed E-state index contributed by atoms with van der Waals surface area (Å²) in [5.41, 5.74) is 1.43. The second kappa shape index (κ2) is 6.85. The highest BCUT2D eigenvalue weighted by atomic mass is 32.2. The molecule has 0 fully saturated rings. The maximum atomic E-state index is 12.6. The van der Waals surface area contributed by atoms with Gasteiger partial charge in [0.1, 0.15) is 4.90 Å². The lowest BCUT2D eigenvalue weighted by Crippen LogP contribution is -2.17. The SMILES string of the molecule is CC(=O)Nc1cc(NS(=O)(=O)c2ccccc2S(C)(=O)=O)ccc1C. The number of benzene rings is 2. The Labute approximate surface area is 147 Å². The van der Waals surface area contributed by atoms with Gasteiger partial charge in [-0.05, 0) is 36.8 Å². The van der Waals surface area contributed by atoms with E-state index in [4.69, 9.17) is 0 Å². The molecular weight excluding hydrogens is 364 g/mol. The number of aryl methyl sites for hydroxylation is 1. The van der Waals surface area contributed by atoms with E-state index in [2.05, 4.69) is 10.0 Å². The van der Waals surface area contributed by atoms with Crippen molar-refractivity contribution in [2.24, 2.45) is 0 Å². The normalized spacial score (nSPS) is 11.8. The number of carbonyl (C=O) groups excluding carboxylic acids is 1. The van der Waals surface area contributed by atoms with Crippen LogP contribution in [0.5, 0.6) is 0 Å². The van der Waals surface area contributed by atoms with Gasteiger partial charge >= 0.3 is 0 Å².